The van der Waals surface area contributed by atoms with Crippen molar-refractivity contribution in [1.82, 2.24) is 0 Å². The number of unbranched alkanes of at least 4 members (excludes halogenated alkanes) is 2. The van der Waals surface area contributed by atoms with E-state index >= 15 is 0 Å². The number of rotatable bonds is 8. The molecule has 0 amide bonds. The summed E-state index contributed by atoms with van der Waals surface area (Å²) in [5.74, 6) is 1.97. The van der Waals surface area contributed by atoms with Crippen molar-refractivity contribution in [2.24, 2.45) is 0 Å². The van der Waals surface area contributed by atoms with Crippen LogP contribution in [0.3, 0.4) is 0 Å². The molecule has 0 aromatic heterocycles. The van der Waals surface area contributed by atoms with Crippen LogP contribution in [0, 0.1) is 22.7 Å². The summed E-state index contributed by atoms with van der Waals surface area (Å²) in [5.41, 5.74) is 0. The van der Waals surface area contributed by atoms with Crippen LogP contribution < -0.4 is 9.47 Å². The third-order valence-corrected chi connectivity index (χ3v) is 4.32. The molecule has 0 N–H and O–H groups in total. The topological polar surface area (TPSA) is 66.0 Å². The highest BCUT2D eigenvalue weighted by Crippen LogP contribution is 2.42. The first-order valence-corrected chi connectivity index (χ1v) is 10.5. The second-order valence-electron chi connectivity index (χ2n) is 6.60. The highest BCUT2D eigenvalue weighted by atomic mass is 16.5. The van der Waals surface area contributed by atoms with Crippen LogP contribution in [0.2, 0.25) is 0 Å². The third kappa shape index (κ3) is 6.98. The predicted octanol–water partition coefficient (Wildman–Crippen LogP) is 7.41. The molecule has 0 heterocycles. The average molecular weight is 405 g/mol. The largest absolute Gasteiger partial charge is 0.492 e. The molecular formula is C26H32N2O2. The number of benzene rings is 3. The minimum absolute atomic E-state index is 0.751. The number of ether oxygens (including phenoxy) is 2. The molecule has 0 saturated heterocycles. The Labute approximate surface area is 180 Å². The molecule has 3 aromatic carbocycles. The van der Waals surface area contributed by atoms with Gasteiger partial charge in [-0.2, -0.15) is 10.5 Å². The smallest absolute Gasteiger partial charge is 0.135 e. The Kier molecular flexibility index (Phi) is 12.2. The van der Waals surface area contributed by atoms with Gasteiger partial charge in [-0.05, 0) is 12.8 Å². The molecule has 4 heteroatoms. The highest BCUT2D eigenvalue weighted by molar-refractivity contribution is 6.11. The van der Waals surface area contributed by atoms with E-state index in [9.17, 15) is 0 Å². The van der Waals surface area contributed by atoms with E-state index in [0.29, 0.717) is 0 Å². The summed E-state index contributed by atoms with van der Waals surface area (Å²) < 4.78 is 12.4. The van der Waals surface area contributed by atoms with Gasteiger partial charge in [-0.25, -0.2) is 0 Å². The van der Waals surface area contributed by atoms with Crippen LogP contribution in [0.15, 0.2) is 48.5 Å². The average Bonchev–Trinajstić information content (AvgIpc) is 2.76. The molecule has 0 spiro atoms. The van der Waals surface area contributed by atoms with Gasteiger partial charge in [-0.1, -0.05) is 75.2 Å². The van der Waals surface area contributed by atoms with Gasteiger partial charge >= 0.3 is 0 Å². The summed E-state index contributed by atoms with van der Waals surface area (Å²) in [6.07, 6.45) is 4.40. The number of nitriles is 2. The summed E-state index contributed by atoms with van der Waals surface area (Å²) in [5, 5.41) is 19.2. The molecule has 0 saturated carbocycles. The quantitative estimate of drug-likeness (QED) is 0.289. The number of nitrogens with zero attached hydrogens (tertiary/aromatic N) is 2. The molecule has 0 atom stereocenters. The zero-order valence-electron chi connectivity index (χ0n) is 18.6. The van der Waals surface area contributed by atoms with Gasteiger partial charge in [-0.3, -0.25) is 0 Å². The monoisotopic (exact) mass is 404 g/mol. The van der Waals surface area contributed by atoms with E-state index in [1.165, 1.54) is 13.8 Å². The standard InChI is InChI=1S/C22H26O2.2C2H3N/c1-3-5-15-23-21-17-11-7-9-13-19(17)22(24-16-6-4-2)20-14-10-8-12-18(20)21;2*1-2-3/h7-14H,3-6,15-16H2,1-2H3;2*1H3. The Morgan fingerprint density at radius 2 is 0.900 bits per heavy atom. The first-order valence-electron chi connectivity index (χ1n) is 10.5. The molecule has 0 fully saturated rings. The first-order chi connectivity index (χ1) is 14.7. The van der Waals surface area contributed by atoms with E-state index in [2.05, 4.69) is 62.4 Å². The van der Waals surface area contributed by atoms with Gasteiger partial charge in [0.2, 0.25) is 0 Å². The molecule has 3 rings (SSSR count). The van der Waals surface area contributed by atoms with Crippen LogP contribution in [0.5, 0.6) is 11.5 Å². The van der Waals surface area contributed by atoms with Crippen molar-refractivity contribution in [3.63, 3.8) is 0 Å². The van der Waals surface area contributed by atoms with E-state index in [-0.39, 0.29) is 0 Å². The van der Waals surface area contributed by atoms with Gasteiger partial charge in [0, 0.05) is 35.4 Å². The Morgan fingerprint density at radius 3 is 1.13 bits per heavy atom. The first kappa shape index (κ1) is 24.8. The molecule has 4 nitrogen and oxygen atoms in total. The van der Waals surface area contributed by atoms with Gasteiger partial charge in [0.05, 0.1) is 25.4 Å². The van der Waals surface area contributed by atoms with Crippen molar-refractivity contribution in [2.45, 2.75) is 53.4 Å². The zero-order chi connectivity index (χ0) is 22.2. The lowest BCUT2D eigenvalue weighted by atomic mass is 10.0. The Morgan fingerprint density at radius 1 is 0.633 bits per heavy atom. The number of hydrogen-bond donors (Lipinski definition) is 0. The van der Waals surface area contributed by atoms with Crippen molar-refractivity contribution in [2.75, 3.05) is 13.2 Å². The molecule has 0 aliphatic rings. The minimum Gasteiger partial charge on any atom is -0.492 e. The fourth-order valence-corrected chi connectivity index (χ4v) is 3.00. The van der Waals surface area contributed by atoms with E-state index in [1.54, 1.807) is 12.1 Å². The Hall–Kier alpha value is -3.24. The number of hydrogen-bond acceptors (Lipinski definition) is 4. The molecule has 30 heavy (non-hydrogen) atoms. The van der Waals surface area contributed by atoms with E-state index in [4.69, 9.17) is 20.0 Å². The Balaban J connectivity index is 0.000000672. The number of fused-ring (bicyclic) bond motifs is 2. The van der Waals surface area contributed by atoms with Gasteiger partial charge in [-0.15, -0.1) is 0 Å². The van der Waals surface area contributed by atoms with E-state index in [1.807, 2.05) is 0 Å². The van der Waals surface area contributed by atoms with Crippen molar-refractivity contribution in [3.8, 4) is 23.6 Å². The summed E-state index contributed by atoms with van der Waals surface area (Å²) >= 11 is 0. The second-order valence-corrected chi connectivity index (χ2v) is 6.60. The van der Waals surface area contributed by atoms with Gasteiger partial charge in [0.1, 0.15) is 11.5 Å². The lowest BCUT2D eigenvalue weighted by Crippen LogP contribution is -2.01. The summed E-state index contributed by atoms with van der Waals surface area (Å²) in [4.78, 5) is 0. The van der Waals surface area contributed by atoms with Crippen LogP contribution in [0.4, 0.5) is 0 Å². The predicted molar refractivity (Wildman–Crippen MR) is 125 cm³/mol. The molecule has 158 valence electrons. The lowest BCUT2D eigenvalue weighted by Gasteiger charge is -2.17. The molecule has 0 aliphatic heterocycles. The maximum atomic E-state index is 7.32. The van der Waals surface area contributed by atoms with E-state index in [0.717, 1.165) is 71.9 Å². The van der Waals surface area contributed by atoms with Crippen molar-refractivity contribution in [1.29, 1.82) is 10.5 Å². The summed E-state index contributed by atoms with van der Waals surface area (Å²) in [6, 6.07) is 20.3. The maximum Gasteiger partial charge on any atom is 0.135 e. The van der Waals surface area contributed by atoms with Crippen molar-refractivity contribution in [3.05, 3.63) is 48.5 Å². The fraction of sp³-hybridized carbons (Fsp3) is 0.385. The Bertz CT molecular complexity index is 847. The molecule has 3 aromatic rings. The normalized spacial score (nSPS) is 9.40. The van der Waals surface area contributed by atoms with Gasteiger partial charge in [0.25, 0.3) is 0 Å². The summed E-state index contributed by atoms with van der Waals surface area (Å²) in [6.45, 7) is 8.73. The molecule has 0 aliphatic carbocycles. The van der Waals surface area contributed by atoms with Crippen LogP contribution in [-0.4, -0.2) is 13.2 Å². The fourth-order valence-electron chi connectivity index (χ4n) is 3.00. The van der Waals surface area contributed by atoms with Gasteiger partial charge < -0.3 is 9.47 Å². The lowest BCUT2D eigenvalue weighted by molar-refractivity contribution is 0.311. The molecule has 0 bridgehead atoms. The van der Waals surface area contributed by atoms with Crippen molar-refractivity contribution < 1.29 is 9.47 Å². The third-order valence-electron chi connectivity index (χ3n) is 4.32. The van der Waals surface area contributed by atoms with Crippen molar-refractivity contribution >= 4 is 21.5 Å². The molecule has 0 unspecified atom stereocenters. The molecular weight excluding hydrogens is 372 g/mol. The highest BCUT2D eigenvalue weighted by Gasteiger charge is 2.15. The SMILES string of the molecule is CC#N.CC#N.CCCCOc1c2ccccc2c(OCCCC)c2ccccc12. The van der Waals surface area contributed by atoms with Crippen LogP contribution in [-0.2, 0) is 0 Å². The van der Waals surface area contributed by atoms with Gasteiger partial charge in [0.15, 0.2) is 0 Å². The second kappa shape index (κ2) is 14.7. The minimum atomic E-state index is 0.751. The van der Waals surface area contributed by atoms with Crippen LogP contribution >= 0.6 is 0 Å². The van der Waals surface area contributed by atoms with Crippen LogP contribution in [0.1, 0.15) is 53.4 Å². The van der Waals surface area contributed by atoms with Crippen LogP contribution in [0.25, 0.3) is 21.5 Å². The molecule has 0 radical (unpaired) electrons. The zero-order valence-corrected chi connectivity index (χ0v) is 18.6. The van der Waals surface area contributed by atoms with E-state index < -0.39 is 0 Å². The summed E-state index contributed by atoms with van der Waals surface area (Å²) in [7, 11) is 0. The maximum absolute atomic E-state index is 7.32.